The van der Waals surface area contributed by atoms with E-state index in [1.165, 1.54) is 23.5 Å². The van der Waals surface area contributed by atoms with Gasteiger partial charge >= 0.3 is 5.97 Å². The van der Waals surface area contributed by atoms with Gasteiger partial charge in [0.15, 0.2) is 0 Å². The molecule has 3 aliphatic heterocycles. The van der Waals surface area contributed by atoms with E-state index in [9.17, 15) is 9.18 Å². The third-order valence-corrected chi connectivity index (χ3v) is 6.49. The molecule has 1 unspecified atom stereocenters. The Bertz CT molecular complexity index is 794. The molecule has 0 radical (unpaired) electrons. The molecule has 0 spiro atoms. The van der Waals surface area contributed by atoms with Crippen LogP contribution in [0.1, 0.15) is 32.4 Å². The van der Waals surface area contributed by atoms with Crippen LogP contribution in [0.2, 0.25) is 0 Å². The van der Waals surface area contributed by atoms with Crippen molar-refractivity contribution in [3.05, 3.63) is 41.2 Å². The second-order valence-corrected chi connectivity index (χ2v) is 8.61. The van der Waals surface area contributed by atoms with Gasteiger partial charge in [-0.25, -0.2) is 9.37 Å². The summed E-state index contributed by atoms with van der Waals surface area (Å²) in [6.45, 7) is 6.81. The Hall–Kier alpha value is -1.79. The maximum Gasteiger partial charge on any atom is 0.317 e. The summed E-state index contributed by atoms with van der Waals surface area (Å²) in [5.41, 5.74) is 0.748. The normalized spacial score (nSPS) is 25.3. The van der Waals surface area contributed by atoms with Gasteiger partial charge in [-0.3, -0.25) is 9.69 Å². The number of esters is 1. The predicted molar refractivity (Wildman–Crippen MR) is 99.6 cm³/mol. The fraction of sp³-hybridized carbons (Fsp3) is 0.500. The molecule has 0 amide bonds. The summed E-state index contributed by atoms with van der Waals surface area (Å²) in [5, 5.41) is 2.68. The highest BCUT2D eigenvalue weighted by molar-refractivity contribution is 7.13. The highest BCUT2D eigenvalue weighted by Crippen LogP contribution is 2.34. The van der Waals surface area contributed by atoms with Crippen molar-refractivity contribution in [2.24, 2.45) is 5.92 Å². The Kier molecular flexibility index (Phi) is 4.57. The van der Waals surface area contributed by atoms with Gasteiger partial charge in [-0.1, -0.05) is 0 Å². The van der Waals surface area contributed by atoms with E-state index < -0.39 is 5.41 Å². The van der Waals surface area contributed by atoms with Crippen LogP contribution >= 0.6 is 11.3 Å². The van der Waals surface area contributed by atoms with Crippen LogP contribution in [0.3, 0.4) is 0 Å². The third-order valence-electron chi connectivity index (χ3n) is 5.60. The van der Waals surface area contributed by atoms with Gasteiger partial charge < -0.3 is 4.74 Å². The fourth-order valence-corrected chi connectivity index (χ4v) is 4.71. The number of ether oxygens (including phenoxy) is 1. The molecule has 26 heavy (non-hydrogen) atoms. The number of rotatable bonds is 4. The second kappa shape index (κ2) is 6.74. The average Bonchev–Trinajstić information content (AvgIpc) is 3.14. The van der Waals surface area contributed by atoms with Gasteiger partial charge in [-0.05, 0) is 70.0 Å². The Morgan fingerprint density at radius 3 is 2.58 bits per heavy atom. The zero-order chi connectivity index (χ0) is 18.3. The molecule has 3 saturated heterocycles. The maximum absolute atomic E-state index is 13.1. The van der Waals surface area contributed by atoms with Crippen molar-refractivity contribution >= 4 is 17.3 Å². The van der Waals surface area contributed by atoms with E-state index in [0.717, 1.165) is 43.0 Å². The van der Waals surface area contributed by atoms with Crippen LogP contribution in [0.4, 0.5) is 4.39 Å². The number of hydrogen-bond acceptors (Lipinski definition) is 5. The first-order valence-electron chi connectivity index (χ1n) is 9.09. The summed E-state index contributed by atoms with van der Waals surface area (Å²) in [5.74, 6) is 0.00382. The van der Waals surface area contributed by atoms with E-state index in [1.807, 2.05) is 19.2 Å². The molecule has 1 aromatic carbocycles. The number of carbonyl (C=O) groups is 1. The molecule has 1 atom stereocenters. The largest absolute Gasteiger partial charge is 0.460 e. The number of nitrogens with zero attached hydrogens (tertiary/aromatic N) is 2. The first-order chi connectivity index (χ1) is 12.4. The van der Waals surface area contributed by atoms with Crippen LogP contribution < -0.4 is 0 Å². The SMILES string of the molecule is CC(C)(C(=O)OC1CN2CCC1CC2)c1csc(-c2ccc(F)cc2)n1. The highest BCUT2D eigenvalue weighted by atomic mass is 32.1. The lowest BCUT2D eigenvalue weighted by atomic mass is 9.85. The van der Waals surface area contributed by atoms with Crippen molar-refractivity contribution in [2.75, 3.05) is 19.6 Å². The summed E-state index contributed by atoms with van der Waals surface area (Å²) in [4.78, 5) is 19.9. The van der Waals surface area contributed by atoms with Crippen molar-refractivity contribution in [3.63, 3.8) is 0 Å². The molecule has 0 saturated carbocycles. The number of aromatic nitrogens is 1. The zero-order valence-electron chi connectivity index (χ0n) is 15.1. The van der Waals surface area contributed by atoms with Gasteiger partial charge in [0.05, 0.1) is 5.69 Å². The third kappa shape index (κ3) is 3.28. The van der Waals surface area contributed by atoms with Crippen LogP contribution in [-0.4, -0.2) is 41.6 Å². The van der Waals surface area contributed by atoms with Crippen LogP contribution in [0, 0.1) is 11.7 Å². The van der Waals surface area contributed by atoms with E-state index >= 15 is 0 Å². The smallest absolute Gasteiger partial charge is 0.317 e. The molecule has 3 fully saturated rings. The molecule has 2 aromatic rings. The van der Waals surface area contributed by atoms with E-state index in [4.69, 9.17) is 4.74 Å². The fourth-order valence-electron chi connectivity index (χ4n) is 3.72. The first kappa shape index (κ1) is 17.6. The molecular formula is C20H23FN2O2S. The van der Waals surface area contributed by atoms with Crippen LogP contribution in [0.5, 0.6) is 0 Å². The topological polar surface area (TPSA) is 42.4 Å². The lowest BCUT2D eigenvalue weighted by molar-refractivity contribution is -0.164. The molecule has 1 aromatic heterocycles. The van der Waals surface area contributed by atoms with Gasteiger partial charge in [0, 0.05) is 17.5 Å². The number of halogens is 1. The molecule has 0 N–H and O–H groups in total. The summed E-state index contributed by atoms with van der Waals surface area (Å²) in [6, 6.07) is 6.25. The van der Waals surface area contributed by atoms with Crippen molar-refractivity contribution in [3.8, 4) is 10.6 Å². The molecule has 6 heteroatoms. The molecular weight excluding hydrogens is 351 g/mol. The van der Waals surface area contributed by atoms with Gasteiger partial charge in [-0.2, -0.15) is 0 Å². The lowest BCUT2D eigenvalue weighted by Gasteiger charge is -2.44. The Labute approximate surface area is 157 Å². The van der Waals surface area contributed by atoms with Crippen LogP contribution in [-0.2, 0) is 14.9 Å². The number of hydrogen-bond donors (Lipinski definition) is 0. The minimum Gasteiger partial charge on any atom is -0.460 e. The number of thiazole rings is 1. The van der Waals surface area contributed by atoms with Gasteiger partial charge in [-0.15, -0.1) is 11.3 Å². The van der Waals surface area contributed by atoms with Crippen LogP contribution in [0.15, 0.2) is 29.6 Å². The Morgan fingerprint density at radius 1 is 1.27 bits per heavy atom. The monoisotopic (exact) mass is 374 g/mol. The van der Waals surface area contributed by atoms with Gasteiger partial charge in [0.1, 0.15) is 22.3 Å². The summed E-state index contributed by atoms with van der Waals surface area (Å²) in [6.07, 6.45) is 2.23. The quantitative estimate of drug-likeness (QED) is 0.762. The summed E-state index contributed by atoms with van der Waals surface area (Å²) in [7, 11) is 0. The van der Waals surface area contributed by atoms with Gasteiger partial charge in [0.25, 0.3) is 0 Å². The van der Waals surface area contributed by atoms with Crippen molar-refractivity contribution in [1.29, 1.82) is 0 Å². The number of fused-ring (bicyclic) bond motifs is 3. The molecule has 3 aliphatic rings. The Morgan fingerprint density at radius 2 is 1.96 bits per heavy atom. The van der Waals surface area contributed by atoms with Crippen molar-refractivity contribution < 1.29 is 13.9 Å². The maximum atomic E-state index is 13.1. The molecule has 2 bridgehead atoms. The van der Waals surface area contributed by atoms with Gasteiger partial charge in [0.2, 0.25) is 0 Å². The van der Waals surface area contributed by atoms with Crippen molar-refractivity contribution in [2.45, 2.75) is 38.2 Å². The summed E-state index contributed by atoms with van der Waals surface area (Å²) >= 11 is 1.46. The lowest BCUT2D eigenvalue weighted by Crippen LogP contribution is -2.53. The van der Waals surface area contributed by atoms with E-state index in [2.05, 4.69) is 9.88 Å². The standard InChI is InChI=1S/C20H23FN2O2S/c1-20(2,19(24)25-16-11-23-9-7-13(16)8-10-23)17-12-26-18(22-17)14-3-5-15(21)6-4-14/h3-6,12-13,16H,7-11H2,1-2H3. The highest BCUT2D eigenvalue weighted by Gasteiger charge is 2.41. The summed E-state index contributed by atoms with van der Waals surface area (Å²) < 4.78 is 19.0. The zero-order valence-corrected chi connectivity index (χ0v) is 15.9. The van der Waals surface area contributed by atoms with E-state index in [0.29, 0.717) is 11.6 Å². The number of piperidine rings is 3. The minimum atomic E-state index is -0.805. The molecule has 5 rings (SSSR count). The first-order valence-corrected chi connectivity index (χ1v) is 9.97. The molecule has 4 heterocycles. The van der Waals surface area contributed by atoms with Crippen LogP contribution in [0.25, 0.3) is 10.6 Å². The molecule has 138 valence electrons. The van der Waals surface area contributed by atoms with E-state index in [-0.39, 0.29) is 17.9 Å². The van der Waals surface area contributed by atoms with Crippen molar-refractivity contribution in [1.82, 2.24) is 9.88 Å². The average molecular weight is 374 g/mol. The predicted octanol–water partition coefficient (Wildman–Crippen LogP) is 3.86. The molecule has 4 nitrogen and oxygen atoms in total. The van der Waals surface area contributed by atoms with E-state index in [1.54, 1.807) is 12.1 Å². The number of benzene rings is 1. The molecule has 0 aliphatic carbocycles. The minimum absolute atomic E-state index is 0.000482. The number of carbonyl (C=O) groups excluding carboxylic acids is 1. The second-order valence-electron chi connectivity index (χ2n) is 7.75. The Balaban J connectivity index is 1.49.